The molecule has 106 valence electrons. The van der Waals surface area contributed by atoms with Crippen LogP contribution in [-0.4, -0.2) is 5.11 Å². The topological polar surface area (TPSA) is 32.3 Å². The zero-order valence-electron chi connectivity index (χ0n) is 11.8. The fraction of sp³-hybridized carbons (Fsp3) is 0.294. The lowest BCUT2D eigenvalue weighted by molar-refractivity contribution is 0.419. The summed E-state index contributed by atoms with van der Waals surface area (Å²) in [6, 6.07) is 16.1. The standard InChI is InChI=1S/C17H20BrNO/c1-3-16(14-9-5-7-11-17(14)20)19-12(2)13-8-4-6-10-15(13)18/h4-12,16,19-20H,3H2,1-2H3/t12-,16?/m1/s1. The highest BCUT2D eigenvalue weighted by atomic mass is 79.9. The molecule has 2 rings (SSSR count). The number of nitrogens with one attached hydrogen (secondary N) is 1. The van der Waals surface area contributed by atoms with Gasteiger partial charge in [-0.2, -0.15) is 0 Å². The smallest absolute Gasteiger partial charge is 0.120 e. The first kappa shape index (κ1) is 15.1. The molecule has 20 heavy (non-hydrogen) atoms. The molecule has 2 aromatic rings. The molecule has 0 aliphatic heterocycles. The number of rotatable bonds is 5. The van der Waals surface area contributed by atoms with Gasteiger partial charge in [0.1, 0.15) is 5.75 Å². The highest BCUT2D eigenvalue weighted by Crippen LogP contribution is 2.30. The number of para-hydroxylation sites is 1. The van der Waals surface area contributed by atoms with Crippen LogP contribution in [0.15, 0.2) is 53.0 Å². The van der Waals surface area contributed by atoms with Crippen molar-refractivity contribution in [2.24, 2.45) is 0 Å². The maximum Gasteiger partial charge on any atom is 0.120 e. The molecule has 2 aromatic carbocycles. The molecular weight excluding hydrogens is 314 g/mol. The van der Waals surface area contributed by atoms with E-state index < -0.39 is 0 Å². The molecule has 0 bridgehead atoms. The van der Waals surface area contributed by atoms with Gasteiger partial charge >= 0.3 is 0 Å². The van der Waals surface area contributed by atoms with Gasteiger partial charge in [-0.15, -0.1) is 0 Å². The molecule has 0 radical (unpaired) electrons. The fourth-order valence-corrected chi connectivity index (χ4v) is 3.06. The van der Waals surface area contributed by atoms with Crippen LogP contribution in [0.1, 0.15) is 43.5 Å². The van der Waals surface area contributed by atoms with Crippen molar-refractivity contribution in [3.8, 4) is 5.75 Å². The van der Waals surface area contributed by atoms with E-state index in [2.05, 4.69) is 47.2 Å². The Bertz CT molecular complexity index is 570. The van der Waals surface area contributed by atoms with Crippen molar-refractivity contribution >= 4 is 15.9 Å². The van der Waals surface area contributed by atoms with E-state index in [1.165, 1.54) is 5.56 Å². The molecule has 0 spiro atoms. The molecule has 0 aromatic heterocycles. The van der Waals surface area contributed by atoms with Crippen molar-refractivity contribution in [2.75, 3.05) is 0 Å². The zero-order chi connectivity index (χ0) is 14.5. The number of phenols is 1. The third-order valence-electron chi connectivity index (χ3n) is 3.54. The van der Waals surface area contributed by atoms with Crippen molar-refractivity contribution in [1.82, 2.24) is 5.32 Å². The highest BCUT2D eigenvalue weighted by Gasteiger charge is 2.17. The molecule has 2 N–H and O–H groups in total. The summed E-state index contributed by atoms with van der Waals surface area (Å²) in [6.45, 7) is 4.26. The van der Waals surface area contributed by atoms with Gasteiger partial charge in [0.2, 0.25) is 0 Å². The lowest BCUT2D eigenvalue weighted by Gasteiger charge is -2.24. The Morgan fingerprint density at radius 2 is 1.65 bits per heavy atom. The first-order valence-electron chi connectivity index (χ1n) is 6.91. The second-order valence-electron chi connectivity index (χ2n) is 4.93. The predicted molar refractivity (Wildman–Crippen MR) is 86.8 cm³/mol. The lowest BCUT2D eigenvalue weighted by atomic mass is 10.0. The Kier molecular flexibility index (Phi) is 5.21. The number of hydrogen-bond donors (Lipinski definition) is 2. The quantitative estimate of drug-likeness (QED) is 0.810. The Morgan fingerprint density at radius 1 is 1.05 bits per heavy atom. The Balaban J connectivity index is 2.19. The molecule has 0 amide bonds. The summed E-state index contributed by atoms with van der Waals surface area (Å²) in [4.78, 5) is 0. The van der Waals surface area contributed by atoms with Crippen LogP contribution in [0, 0.1) is 0 Å². The SMILES string of the molecule is CCC(N[C@H](C)c1ccccc1Br)c1ccccc1O. The first-order valence-corrected chi connectivity index (χ1v) is 7.71. The summed E-state index contributed by atoms with van der Waals surface area (Å²) in [7, 11) is 0. The van der Waals surface area contributed by atoms with Crippen LogP contribution in [0.2, 0.25) is 0 Å². The molecule has 3 heteroatoms. The lowest BCUT2D eigenvalue weighted by Crippen LogP contribution is -2.24. The third kappa shape index (κ3) is 3.41. The van der Waals surface area contributed by atoms with Crippen LogP contribution in [0.5, 0.6) is 5.75 Å². The number of hydrogen-bond acceptors (Lipinski definition) is 2. The molecule has 0 saturated carbocycles. The number of halogens is 1. The van der Waals surface area contributed by atoms with E-state index >= 15 is 0 Å². The minimum absolute atomic E-state index is 0.137. The molecule has 0 fully saturated rings. The van der Waals surface area contributed by atoms with Gasteiger partial charge in [-0.05, 0) is 31.0 Å². The van der Waals surface area contributed by atoms with Crippen molar-refractivity contribution in [3.05, 3.63) is 64.1 Å². The van der Waals surface area contributed by atoms with Crippen LogP contribution in [0.4, 0.5) is 0 Å². The van der Waals surface area contributed by atoms with E-state index in [0.717, 1.165) is 16.5 Å². The molecule has 1 unspecified atom stereocenters. The normalized spacial score (nSPS) is 13.9. The number of phenolic OH excluding ortho intramolecular Hbond substituents is 1. The van der Waals surface area contributed by atoms with Crippen LogP contribution >= 0.6 is 15.9 Å². The van der Waals surface area contributed by atoms with Crippen LogP contribution in [0.25, 0.3) is 0 Å². The summed E-state index contributed by atoms with van der Waals surface area (Å²) in [6.07, 6.45) is 0.923. The zero-order valence-corrected chi connectivity index (χ0v) is 13.4. The van der Waals surface area contributed by atoms with E-state index in [9.17, 15) is 5.11 Å². The molecule has 0 aliphatic rings. The van der Waals surface area contributed by atoms with Gasteiger partial charge in [0.25, 0.3) is 0 Å². The largest absolute Gasteiger partial charge is 0.508 e. The van der Waals surface area contributed by atoms with Gasteiger partial charge in [0, 0.05) is 22.1 Å². The molecule has 0 saturated heterocycles. The monoisotopic (exact) mass is 333 g/mol. The molecular formula is C17H20BrNO. The second-order valence-corrected chi connectivity index (χ2v) is 5.78. The summed E-state index contributed by atoms with van der Waals surface area (Å²) >= 11 is 3.59. The number of benzene rings is 2. The maximum absolute atomic E-state index is 10.0. The van der Waals surface area contributed by atoms with E-state index in [4.69, 9.17) is 0 Å². The van der Waals surface area contributed by atoms with Crippen molar-refractivity contribution in [1.29, 1.82) is 0 Å². The molecule has 2 nitrogen and oxygen atoms in total. The first-order chi connectivity index (χ1) is 9.63. The van der Waals surface area contributed by atoms with Gasteiger partial charge in [0.15, 0.2) is 0 Å². The van der Waals surface area contributed by atoms with Crippen LogP contribution in [0.3, 0.4) is 0 Å². The average molecular weight is 334 g/mol. The van der Waals surface area contributed by atoms with Crippen molar-refractivity contribution in [2.45, 2.75) is 32.4 Å². The maximum atomic E-state index is 10.0. The van der Waals surface area contributed by atoms with Gasteiger partial charge in [-0.25, -0.2) is 0 Å². The van der Waals surface area contributed by atoms with Gasteiger partial charge in [-0.3, -0.25) is 0 Å². The number of aromatic hydroxyl groups is 1. The van der Waals surface area contributed by atoms with Crippen molar-refractivity contribution in [3.63, 3.8) is 0 Å². The highest BCUT2D eigenvalue weighted by molar-refractivity contribution is 9.10. The van der Waals surface area contributed by atoms with Gasteiger partial charge < -0.3 is 10.4 Å². The van der Waals surface area contributed by atoms with E-state index in [-0.39, 0.29) is 12.1 Å². The van der Waals surface area contributed by atoms with E-state index in [0.29, 0.717) is 5.75 Å². The third-order valence-corrected chi connectivity index (χ3v) is 4.27. The average Bonchev–Trinajstić information content (AvgIpc) is 2.46. The Labute approximate surface area is 129 Å². The van der Waals surface area contributed by atoms with E-state index in [1.54, 1.807) is 6.07 Å². The van der Waals surface area contributed by atoms with Gasteiger partial charge in [0.05, 0.1) is 0 Å². The molecule has 2 atom stereocenters. The summed E-state index contributed by atoms with van der Waals surface area (Å²) in [5.74, 6) is 0.353. The second kappa shape index (κ2) is 6.91. The van der Waals surface area contributed by atoms with E-state index in [1.807, 2.05) is 30.3 Å². The molecule has 0 aliphatic carbocycles. The van der Waals surface area contributed by atoms with Crippen LogP contribution in [-0.2, 0) is 0 Å². The summed E-state index contributed by atoms with van der Waals surface area (Å²) in [5, 5.41) is 13.6. The van der Waals surface area contributed by atoms with Crippen molar-refractivity contribution < 1.29 is 5.11 Å². The summed E-state index contributed by atoms with van der Waals surface area (Å²) in [5.41, 5.74) is 2.18. The van der Waals surface area contributed by atoms with Gasteiger partial charge in [-0.1, -0.05) is 59.3 Å². The molecule has 0 heterocycles. The fourth-order valence-electron chi connectivity index (χ4n) is 2.43. The Morgan fingerprint density at radius 3 is 2.25 bits per heavy atom. The van der Waals surface area contributed by atoms with Crippen LogP contribution < -0.4 is 5.32 Å². The minimum Gasteiger partial charge on any atom is -0.508 e. The predicted octanol–water partition coefficient (Wildman–Crippen LogP) is 4.96. The minimum atomic E-state index is 0.137. The Hall–Kier alpha value is -1.32. The summed E-state index contributed by atoms with van der Waals surface area (Å²) < 4.78 is 1.10.